The molecule has 0 fully saturated rings. The van der Waals surface area contributed by atoms with Gasteiger partial charge in [0.2, 0.25) is 0 Å². The van der Waals surface area contributed by atoms with E-state index in [0.717, 1.165) is 17.5 Å². The first-order chi connectivity index (χ1) is 11.0. The van der Waals surface area contributed by atoms with Gasteiger partial charge in [-0.1, -0.05) is 19.6 Å². The molecule has 0 saturated carbocycles. The fourth-order valence-electron chi connectivity index (χ4n) is 2.33. The summed E-state index contributed by atoms with van der Waals surface area (Å²) in [5.74, 6) is 0. The highest BCUT2D eigenvalue weighted by Gasteiger charge is 2.38. The van der Waals surface area contributed by atoms with Crippen molar-refractivity contribution in [2.75, 3.05) is 6.61 Å². The van der Waals surface area contributed by atoms with Gasteiger partial charge in [0.05, 0.1) is 10.9 Å². The van der Waals surface area contributed by atoms with Gasteiger partial charge in [-0.05, 0) is 25.1 Å². The Bertz CT molecular complexity index is 759. The van der Waals surface area contributed by atoms with E-state index < -0.39 is 25.9 Å². The van der Waals surface area contributed by atoms with Gasteiger partial charge in [0, 0.05) is 27.1 Å². The third-order valence-electron chi connectivity index (χ3n) is 3.98. The minimum absolute atomic E-state index is 0.266. The highest BCUT2D eigenvalue weighted by molar-refractivity contribution is 6.76. The molecule has 2 aromatic heterocycles. The molecule has 4 nitrogen and oxygen atoms in total. The van der Waals surface area contributed by atoms with Crippen LogP contribution in [0.25, 0.3) is 10.9 Å². The second-order valence-corrected chi connectivity index (χ2v) is 12.8. The number of fused-ring (bicyclic) bond motifs is 1. The smallest absolute Gasteiger partial charge is 0.361 e. The van der Waals surface area contributed by atoms with Crippen LogP contribution in [0, 0.1) is 0 Å². The Kier molecular flexibility index (Phi) is 5.29. The summed E-state index contributed by atoms with van der Waals surface area (Å²) in [7, 11) is -1.17. The second kappa shape index (κ2) is 6.76. The molecule has 0 aliphatic carbocycles. The quantitative estimate of drug-likeness (QED) is 0.571. The second-order valence-electron chi connectivity index (χ2n) is 7.18. The van der Waals surface area contributed by atoms with E-state index in [-0.39, 0.29) is 12.1 Å². The van der Waals surface area contributed by atoms with Crippen molar-refractivity contribution in [1.29, 1.82) is 0 Å². The summed E-state index contributed by atoms with van der Waals surface area (Å²) in [5.41, 5.74) is -0.0585. The molecule has 1 unspecified atom stereocenters. The minimum Gasteiger partial charge on any atom is -0.361 e. The van der Waals surface area contributed by atoms with E-state index >= 15 is 0 Å². The van der Waals surface area contributed by atoms with Crippen LogP contribution >= 0.6 is 0 Å². The Balaban J connectivity index is 2.19. The molecule has 24 heavy (non-hydrogen) atoms. The predicted octanol–water partition coefficient (Wildman–Crippen LogP) is 4.24. The Morgan fingerprint density at radius 2 is 1.88 bits per heavy atom. The van der Waals surface area contributed by atoms with E-state index in [1.807, 2.05) is 0 Å². The van der Waals surface area contributed by atoms with Gasteiger partial charge in [-0.15, -0.1) is 0 Å². The summed E-state index contributed by atoms with van der Waals surface area (Å²) in [6.45, 7) is 8.66. The Hall–Kier alpha value is -1.54. The van der Waals surface area contributed by atoms with Crippen LogP contribution in [0.4, 0.5) is 13.2 Å². The molecule has 0 bridgehead atoms. The van der Waals surface area contributed by atoms with Crippen LogP contribution in [0.3, 0.4) is 0 Å². The summed E-state index contributed by atoms with van der Waals surface area (Å²) < 4.78 is 46.6. The number of hydrogen-bond donors (Lipinski definition) is 0. The maximum atomic E-state index is 12.8. The maximum Gasteiger partial charge on any atom is 0.408 e. The molecule has 8 heteroatoms. The van der Waals surface area contributed by atoms with Crippen LogP contribution in [0.15, 0.2) is 29.3 Å². The van der Waals surface area contributed by atoms with E-state index in [1.54, 1.807) is 16.8 Å². The molecule has 0 spiro atoms. The molecule has 134 valence electrons. The standard InChI is InChI=1S/C16H23F3N2O2Si/c1-12(16(17,18)19)21-8-6-14-13(15(21)22)5-7-20(14)11-23-9-10-24(2,3)4/h5-8,12H,9-11H2,1-4H3. The molecule has 2 aromatic rings. The molecule has 0 radical (unpaired) electrons. The number of aromatic nitrogens is 2. The molecule has 1 atom stereocenters. The zero-order valence-corrected chi connectivity index (χ0v) is 15.4. The number of nitrogens with zero attached hydrogens (tertiary/aromatic N) is 2. The van der Waals surface area contributed by atoms with Gasteiger partial charge in [-0.25, -0.2) is 0 Å². The van der Waals surface area contributed by atoms with Crippen LogP contribution in [-0.2, 0) is 11.5 Å². The van der Waals surface area contributed by atoms with Crippen molar-refractivity contribution >= 4 is 19.0 Å². The molecular weight excluding hydrogens is 337 g/mol. The number of hydrogen-bond acceptors (Lipinski definition) is 2. The minimum atomic E-state index is -4.46. The van der Waals surface area contributed by atoms with Crippen molar-refractivity contribution in [3.8, 4) is 0 Å². The lowest BCUT2D eigenvalue weighted by molar-refractivity contribution is -0.163. The molecular formula is C16H23F3N2O2Si. The van der Waals surface area contributed by atoms with Crippen molar-refractivity contribution < 1.29 is 17.9 Å². The number of pyridine rings is 1. The predicted molar refractivity (Wildman–Crippen MR) is 91.1 cm³/mol. The zero-order valence-electron chi connectivity index (χ0n) is 14.4. The normalized spacial score (nSPS) is 14.3. The van der Waals surface area contributed by atoms with Crippen LogP contribution in [0.1, 0.15) is 13.0 Å². The van der Waals surface area contributed by atoms with Crippen LogP contribution in [0.5, 0.6) is 0 Å². The summed E-state index contributed by atoms with van der Waals surface area (Å²) >= 11 is 0. The fraction of sp³-hybridized carbons (Fsp3) is 0.562. The monoisotopic (exact) mass is 360 g/mol. The van der Waals surface area contributed by atoms with E-state index in [4.69, 9.17) is 4.74 Å². The highest BCUT2D eigenvalue weighted by atomic mass is 28.3. The SMILES string of the molecule is CC(n1ccc2c(ccn2COCC[Si](C)(C)C)c1=O)C(F)(F)F. The Labute approximate surface area is 139 Å². The summed E-state index contributed by atoms with van der Waals surface area (Å²) in [4.78, 5) is 12.3. The van der Waals surface area contributed by atoms with Gasteiger partial charge in [-0.3, -0.25) is 4.79 Å². The van der Waals surface area contributed by atoms with Crippen LogP contribution < -0.4 is 5.56 Å². The lowest BCUT2D eigenvalue weighted by atomic mass is 10.2. The molecule has 0 saturated heterocycles. The van der Waals surface area contributed by atoms with Crippen molar-refractivity contribution in [1.82, 2.24) is 9.13 Å². The van der Waals surface area contributed by atoms with Crippen molar-refractivity contribution in [3.05, 3.63) is 34.9 Å². The topological polar surface area (TPSA) is 36.2 Å². The Morgan fingerprint density at radius 3 is 2.46 bits per heavy atom. The molecule has 2 heterocycles. The molecule has 0 aliphatic heterocycles. The Morgan fingerprint density at radius 1 is 1.21 bits per heavy atom. The van der Waals surface area contributed by atoms with E-state index in [1.165, 1.54) is 12.3 Å². The zero-order chi connectivity index (χ0) is 18.1. The average molecular weight is 360 g/mol. The number of rotatable bonds is 6. The summed E-state index contributed by atoms with van der Waals surface area (Å²) in [6.07, 6.45) is -1.59. The first-order valence-corrected chi connectivity index (χ1v) is 11.6. The molecule has 2 rings (SSSR count). The fourth-order valence-corrected chi connectivity index (χ4v) is 3.08. The molecule has 0 N–H and O–H groups in total. The molecule has 0 aromatic carbocycles. The third-order valence-corrected chi connectivity index (χ3v) is 5.69. The highest BCUT2D eigenvalue weighted by Crippen LogP contribution is 2.29. The first-order valence-electron chi connectivity index (χ1n) is 7.85. The lowest BCUT2D eigenvalue weighted by Gasteiger charge is -2.18. The van der Waals surface area contributed by atoms with E-state index in [9.17, 15) is 18.0 Å². The van der Waals surface area contributed by atoms with Crippen LogP contribution in [-0.4, -0.2) is 30.0 Å². The average Bonchev–Trinajstić information content (AvgIpc) is 2.85. The first kappa shape index (κ1) is 18.8. The van der Waals surface area contributed by atoms with E-state index in [2.05, 4.69) is 19.6 Å². The number of halogens is 3. The third kappa shape index (κ3) is 4.30. The van der Waals surface area contributed by atoms with E-state index in [0.29, 0.717) is 12.1 Å². The van der Waals surface area contributed by atoms with Gasteiger partial charge in [0.1, 0.15) is 12.8 Å². The van der Waals surface area contributed by atoms with Crippen molar-refractivity contribution in [2.24, 2.45) is 0 Å². The van der Waals surface area contributed by atoms with Gasteiger partial charge in [0.25, 0.3) is 5.56 Å². The largest absolute Gasteiger partial charge is 0.408 e. The summed E-state index contributed by atoms with van der Waals surface area (Å²) in [6, 6.07) is 2.24. The van der Waals surface area contributed by atoms with Gasteiger partial charge in [-0.2, -0.15) is 13.2 Å². The summed E-state index contributed by atoms with van der Waals surface area (Å²) in [5, 5.41) is 0.266. The van der Waals surface area contributed by atoms with Crippen molar-refractivity contribution in [3.63, 3.8) is 0 Å². The lowest BCUT2D eigenvalue weighted by Crippen LogP contribution is -2.32. The van der Waals surface area contributed by atoms with Gasteiger partial charge >= 0.3 is 6.18 Å². The van der Waals surface area contributed by atoms with Gasteiger partial charge < -0.3 is 13.9 Å². The van der Waals surface area contributed by atoms with Crippen molar-refractivity contribution in [2.45, 2.75) is 51.6 Å². The van der Waals surface area contributed by atoms with Crippen LogP contribution in [0.2, 0.25) is 25.7 Å². The van der Waals surface area contributed by atoms with Gasteiger partial charge in [0.15, 0.2) is 0 Å². The number of alkyl halides is 3. The molecule has 0 amide bonds. The number of ether oxygens (including phenoxy) is 1. The molecule has 0 aliphatic rings. The maximum absolute atomic E-state index is 12.8.